The van der Waals surface area contributed by atoms with E-state index >= 15 is 0 Å². The molecule has 0 amide bonds. The van der Waals surface area contributed by atoms with Crippen molar-refractivity contribution in [3.63, 3.8) is 0 Å². The second-order valence-electron chi connectivity index (χ2n) is 3.24. The molecule has 9 heavy (non-hydrogen) atoms. The number of aliphatic hydroxyl groups excluding tert-OH is 1. The summed E-state index contributed by atoms with van der Waals surface area (Å²) >= 11 is 0. The lowest BCUT2D eigenvalue weighted by atomic mass is 10.0. The summed E-state index contributed by atoms with van der Waals surface area (Å²) in [5.41, 5.74) is 0. The lowest BCUT2D eigenvalue weighted by Gasteiger charge is -2.09. The van der Waals surface area contributed by atoms with Crippen LogP contribution in [-0.2, 0) is 0 Å². The lowest BCUT2D eigenvalue weighted by Crippen LogP contribution is -2.06. The summed E-state index contributed by atoms with van der Waals surface area (Å²) in [6.45, 7) is 1.89. The van der Waals surface area contributed by atoms with E-state index in [1.165, 1.54) is 25.7 Å². The van der Waals surface area contributed by atoms with Crippen molar-refractivity contribution in [2.45, 2.75) is 45.1 Å². The summed E-state index contributed by atoms with van der Waals surface area (Å²) in [4.78, 5) is 0. The van der Waals surface area contributed by atoms with E-state index in [2.05, 4.69) is 0 Å². The van der Waals surface area contributed by atoms with Crippen LogP contribution in [0.4, 0.5) is 0 Å². The minimum atomic E-state index is -0.0758. The predicted molar refractivity (Wildman–Crippen MR) is 38.3 cm³/mol. The van der Waals surface area contributed by atoms with Gasteiger partial charge in [-0.25, -0.2) is 0 Å². The van der Waals surface area contributed by atoms with Gasteiger partial charge in [0.1, 0.15) is 0 Å². The Kier molecular flexibility index (Phi) is 2.52. The maximum atomic E-state index is 9.01. The average Bonchev–Trinajstić information content (AvgIpc) is 2.15. The van der Waals surface area contributed by atoms with Crippen LogP contribution < -0.4 is 0 Å². The molecule has 1 nitrogen and oxygen atoms in total. The Hall–Kier alpha value is -0.0400. The second-order valence-corrected chi connectivity index (χ2v) is 3.24. The molecular weight excluding hydrogens is 112 g/mol. The predicted octanol–water partition coefficient (Wildman–Crippen LogP) is 1.95. The summed E-state index contributed by atoms with van der Waals surface area (Å²) in [6, 6.07) is 0. The zero-order valence-electron chi connectivity index (χ0n) is 6.14. The summed E-state index contributed by atoms with van der Waals surface area (Å²) in [7, 11) is 0. The van der Waals surface area contributed by atoms with Crippen LogP contribution in [0.5, 0.6) is 0 Å². The maximum absolute atomic E-state index is 9.01. The van der Waals surface area contributed by atoms with E-state index in [1.54, 1.807) is 0 Å². The van der Waals surface area contributed by atoms with Gasteiger partial charge >= 0.3 is 0 Å². The SMILES string of the molecule is CC(O)CC1CCCC1. The molecule has 0 spiro atoms. The average molecular weight is 128 g/mol. The summed E-state index contributed by atoms with van der Waals surface area (Å²) < 4.78 is 0. The normalized spacial score (nSPS) is 24.7. The minimum Gasteiger partial charge on any atom is -0.393 e. The first-order valence-electron chi connectivity index (χ1n) is 3.97. The fourth-order valence-electron chi connectivity index (χ4n) is 1.73. The Balaban J connectivity index is 2.11. The third-order valence-corrected chi connectivity index (χ3v) is 2.15. The minimum absolute atomic E-state index is 0.0758. The fraction of sp³-hybridized carbons (Fsp3) is 1.00. The third kappa shape index (κ3) is 2.35. The van der Waals surface area contributed by atoms with E-state index in [4.69, 9.17) is 5.11 Å². The molecule has 1 unspecified atom stereocenters. The van der Waals surface area contributed by atoms with E-state index in [-0.39, 0.29) is 6.10 Å². The van der Waals surface area contributed by atoms with Gasteiger partial charge in [-0.3, -0.25) is 0 Å². The number of aliphatic hydroxyl groups is 1. The van der Waals surface area contributed by atoms with E-state index in [1.807, 2.05) is 6.92 Å². The van der Waals surface area contributed by atoms with Crippen molar-refractivity contribution in [2.24, 2.45) is 5.92 Å². The molecule has 1 rings (SSSR count). The molecule has 1 atom stereocenters. The molecule has 1 fully saturated rings. The van der Waals surface area contributed by atoms with Crippen molar-refractivity contribution in [3.8, 4) is 0 Å². The highest BCUT2D eigenvalue weighted by atomic mass is 16.3. The van der Waals surface area contributed by atoms with Crippen molar-refractivity contribution in [3.05, 3.63) is 0 Å². The first kappa shape index (κ1) is 7.07. The third-order valence-electron chi connectivity index (χ3n) is 2.15. The molecule has 0 bridgehead atoms. The van der Waals surface area contributed by atoms with Gasteiger partial charge in [0, 0.05) is 0 Å². The molecule has 0 aromatic heterocycles. The van der Waals surface area contributed by atoms with Crippen molar-refractivity contribution in [2.75, 3.05) is 0 Å². The fourth-order valence-corrected chi connectivity index (χ4v) is 1.73. The van der Waals surface area contributed by atoms with Crippen LogP contribution in [0.1, 0.15) is 39.0 Å². The van der Waals surface area contributed by atoms with Crippen molar-refractivity contribution in [1.29, 1.82) is 0 Å². The molecule has 0 saturated heterocycles. The number of rotatable bonds is 2. The van der Waals surface area contributed by atoms with Crippen LogP contribution in [0.25, 0.3) is 0 Å². The molecule has 0 aliphatic heterocycles. The first-order valence-corrected chi connectivity index (χ1v) is 3.97. The Morgan fingerprint density at radius 2 is 2.00 bits per heavy atom. The lowest BCUT2D eigenvalue weighted by molar-refractivity contribution is 0.161. The van der Waals surface area contributed by atoms with Crippen molar-refractivity contribution >= 4 is 0 Å². The van der Waals surface area contributed by atoms with E-state index in [0.717, 1.165) is 12.3 Å². The molecule has 0 aromatic carbocycles. The smallest absolute Gasteiger partial charge is 0.0514 e. The molecule has 0 aromatic rings. The van der Waals surface area contributed by atoms with Gasteiger partial charge in [-0.1, -0.05) is 25.7 Å². The van der Waals surface area contributed by atoms with E-state index in [0.29, 0.717) is 0 Å². The van der Waals surface area contributed by atoms with Crippen LogP contribution in [0.3, 0.4) is 0 Å². The van der Waals surface area contributed by atoms with Crippen molar-refractivity contribution < 1.29 is 5.11 Å². The largest absolute Gasteiger partial charge is 0.393 e. The van der Waals surface area contributed by atoms with Crippen molar-refractivity contribution in [1.82, 2.24) is 0 Å². The number of hydrogen-bond acceptors (Lipinski definition) is 1. The molecule has 0 heterocycles. The highest BCUT2D eigenvalue weighted by Crippen LogP contribution is 2.28. The van der Waals surface area contributed by atoms with Gasteiger partial charge in [-0.05, 0) is 19.3 Å². The second kappa shape index (κ2) is 3.21. The first-order chi connectivity index (χ1) is 4.29. The molecule has 1 heteroatoms. The zero-order valence-corrected chi connectivity index (χ0v) is 6.14. The zero-order chi connectivity index (χ0) is 6.69. The molecule has 1 N–H and O–H groups in total. The summed E-state index contributed by atoms with van der Waals surface area (Å²) in [5, 5.41) is 9.01. The van der Waals surface area contributed by atoms with Crippen LogP contribution in [0, 0.1) is 5.92 Å². The Bertz CT molecular complexity index is 72.6. The monoisotopic (exact) mass is 128 g/mol. The standard InChI is InChI=1S/C8H16O/c1-7(9)6-8-4-2-3-5-8/h7-9H,2-6H2,1H3. The van der Waals surface area contributed by atoms with Gasteiger partial charge in [0.15, 0.2) is 0 Å². The van der Waals surface area contributed by atoms with Gasteiger partial charge < -0.3 is 5.11 Å². The van der Waals surface area contributed by atoms with Crippen LogP contribution in [-0.4, -0.2) is 11.2 Å². The molecule has 0 radical (unpaired) electrons. The summed E-state index contributed by atoms with van der Waals surface area (Å²) in [6.07, 6.45) is 6.43. The van der Waals surface area contributed by atoms with E-state index in [9.17, 15) is 0 Å². The van der Waals surface area contributed by atoms with Crippen LogP contribution in [0.15, 0.2) is 0 Å². The van der Waals surface area contributed by atoms with Gasteiger partial charge in [-0.2, -0.15) is 0 Å². The molecule has 1 aliphatic rings. The Morgan fingerprint density at radius 1 is 1.44 bits per heavy atom. The highest BCUT2D eigenvalue weighted by Gasteiger charge is 2.15. The maximum Gasteiger partial charge on any atom is 0.0514 e. The van der Waals surface area contributed by atoms with E-state index < -0.39 is 0 Å². The van der Waals surface area contributed by atoms with Gasteiger partial charge in [-0.15, -0.1) is 0 Å². The molecule has 54 valence electrons. The highest BCUT2D eigenvalue weighted by molar-refractivity contribution is 4.68. The molecular formula is C8H16O. The quantitative estimate of drug-likeness (QED) is 0.602. The van der Waals surface area contributed by atoms with Gasteiger partial charge in [0.25, 0.3) is 0 Å². The number of hydrogen-bond donors (Lipinski definition) is 1. The van der Waals surface area contributed by atoms with Crippen LogP contribution in [0.2, 0.25) is 0 Å². The Labute approximate surface area is 57.1 Å². The Morgan fingerprint density at radius 3 is 2.44 bits per heavy atom. The van der Waals surface area contributed by atoms with Crippen LogP contribution >= 0.6 is 0 Å². The van der Waals surface area contributed by atoms with Gasteiger partial charge in [0.05, 0.1) is 6.10 Å². The topological polar surface area (TPSA) is 20.2 Å². The molecule has 1 saturated carbocycles. The summed E-state index contributed by atoms with van der Waals surface area (Å²) in [5.74, 6) is 0.838. The molecule has 1 aliphatic carbocycles. The van der Waals surface area contributed by atoms with Gasteiger partial charge in [0.2, 0.25) is 0 Å².